The summed E-state index contributed by atoms with van der Waals surface area (Å²) in [5.41, 5.74) is 2.69. The number of hydrogen-bond acceptors (Lipinski definition) is 4. The van der Waals surface area contributed by atoms with Crippen LogP contribution < -0.4 is 10.6 Å². The molecule has 2 nitrogen and oxygen atoms in total. The Labute approximate surface area is 104 Å². The predicted octanol–water partition coefficient (Wildman–Crippen LogP) is 3.03. The van der Waals surface area contributed by atoms with Crippen molar-refractivity contribution in [2.45, 2.75) is 12.1 Å². The predicted molar refractivity (Wildman–Crippen MR) is 72.2 cm³/mol. The second-order valence-electron chi connectivity index (χ2n) is 3.65. The SMILES string of the molecule is CNC(c1ccsc1)C(NC)c1ccsc1. The first-order valence-electron chi connectivity index (χ1n) is 5.25. The van der Waals surface area contributed by atoms with Crippen LogP contribution in [0.3, 0.4) is 0 Å². The molecule has 0 aromatic carbocycles. The molecule has 0 spiro atoms. The number of rotatable bonds is 5. The molecule has 0 saturated heterocycles. The third-order valence-corrected chi connectivity index (χ3v) is 4.16. The van der Waals surface area contributed by atoms with Crippen LogP contribution in [0.1, 0.15) is 23.2 Å². The van der Waals surface area contributed by atoms with Crippen LogP contribution in [0.15, 0.2) is 33.7 Å². The van der Waals surface area contributed by atoms with Gasteiger partial charge in [0.05, 0.1) is 12.1 Å². The van der Waals surface area contributed by atoms with E-state index in [2.05, 4.69) is 44.3 Å². The van der Waals surface area contributed by atoms with Crippen molar-refractivity contribution in [3.05, 3.63) is 44.8 Å². The maximum absolute atomic E-state index is 3.39. The Kier molecular flexibility index (Phi) is 4.12. The van der Waals surface area contributed by atoms with Gasteiger partial charge in [-0.15, -0.1) is 0 Å². The molecule has 2 heterocycles. The van der Waals surface area contributed by atoms with E-state index in [0.717, 1.165) is 0 Å². The summed E-state index contributed by atoms with van der Waals surface area (Å²) in [5.74, 6) is 0. The van der Waals surface area contributed by atoms with Gasteiger partial charge in [-0.3, -0.25) is 0 Å². The summed E-state index contributed by atoms with van der Waals surface area (Å²) in [7, 11) is 4.03. The topological polar surface area (TPSA) is 24.1 Å². The number of hydrogen-bond donors (Lipinski definition) is 2. The number of likely N-dealkylation sites (N-methyl/N-ethyl adjacent to an activating group) is 2. The van der Waals surface area contributed by atoms with Gasteiger partial charge in [0.1, 0.15) is 0 Å². The smallest absolute Gasteiger partial charge is 0.0524 e. The van der Waals surface area contributed by atoms with Gasteiger partial charge in [-0.1, -0.05) is 0 Å². The first-order chi connectivity index (χ1) is 7.86. The van der Waals surface area contributed by atoms with Crippen LogP contribution in [0.5, 0.6) is 0 Å². The van der Waals surface area contributed by atoms with E-state index in [1.165, 1.54) is 11.1 Å². The first kappa shape index (κ1) is 11.8. The highest BCUT2D eigenvalue weighted by Gasteiger charge is 2.22. The van der Waals surface area contributed by atoms with Crippen molar-refractivity contribution < 1.29 is 0 Å². The lowest BCUT2D eigenvalue weighted by Gasteiger charge is -2.25. The van der Waals surface area contributed by atoms with Crippen LogP contribution in [0.25, 0.3) is 0 Å². The highest BCUT2D eigenvalue weighted by atomic mass is 32.1. The van der Waals surface area contributed by atoms with Crippen molar-refractivity contribution in [3.8, 4) is 0 Å². The summed E-state index contributed by atoms with van der Waals surface area (Å²) in [6, 6.07) is 5.02. The van der Waals surface area contributed by atoms with E-state index in [4.69, 9.17) is 0 Å². The van der Waals surface area contributed by atoms with Gasteiger partial charge in [-0.2, -0.15) is 22.7 Å². The zero-order valence-corrected chi connectivity index (χ0v) is 11.1. The molecule has 86 valence electrons. The van der Waals surface area contributed by atoms with Crippen molar-refractivity contribution in [1.29, 1.82) is 0 Å². The molecule has 2 N–H and O–H groups in total. The molecule has 2 atom stereocenters. The Hall–Kier alpha value is -0.680. The van der Waals surface area contributed by atoms with Crippen LogP contribution in [-0.2, 0) is 0 Å². The summed E-state index contributed by atoms with van der Waals surface area (Å²) >= 11 is 3.49. The van der Waals surface area contributed by atoms with Crippen LogP contribution >= 0.6 is 22.7 Å². The molecule has 2 aromatic heterocycles. The lowest BCUT2D eigenvalue weighted by Crippen LogP contribution is -2.31. The van der Waals surface area contributed by atoms with E-state index in [-0.39, 0.29) is 0 Å². The van der Waals surface area contributed by atoms with Crippen LogP contribution in [0.4, 0.5) is 0 Å². The lowest BCUT2D eigenvalue weighted by molar-refractivity contribution is 0.434. The van der Waals surface area contributed by atoms with Crippen LogP contribution in [-0.4, -0.2) is 14.1 Å². The zero-order chi connectivity index (χ0) is 11.4. The average Bonchev–Trinajstić information content (AvgIpc) is 2.97. The minimum Gasteiger partial charge on any atom is -0.311 e. The van der Waals surface area contributed by atoms with E-state index in [9.17, 15) is 0 Å². The van der Waals surface area contributed by atoms with Crippen molar-refractivity contribution in [2.75, 3.05) is 14.1 Å². The minimum absolute atomic E-state index is 0.325. The molecule has 2 aromatic rings. The monoisotopic (exact) mass is 252 g/mol. The molecule has 0 amide bonds. The van der Waals surface area contributed by atoms with Gasteiger partial charge < -0.3 is 10.6 Å². The van der Waals surface area contributed by atoms with Gasteiger partial charge >= 0.3 is 0 Å². The highest BCUT2D eigenvalue weighted by Crippen LogP contribution is 2.30. The van der Waals surface area contributed by atoms with E-state index in [0.29, 0.717) is 12.1 Å². The molecule has 4 heteroatoms. The van der Waals surface area contributed by atoms with E-state index in [1.54, 1.807) is 22.7 Å². The standard InChI is InChI=1S/C12H16N2S2/c1-13-11(9-3-5-15-7-9)12(14-2)10-4-6-16-8-10/h3-8,11-14H,1-2H3. The summed E-state index contributed by atoms with van der Waals surface area (Å²) < 4.78 is 0. The van der Waals surface area contributed by atoms with Gasteiger partial charge in [-0.05, 0) is 58.9 Å². The molecule has 16 heavy (non-hydrogen) atoms. The molecule has 2 unspecified atom stereocenters. The highest BCUT2D eigenvalue weighted by molar-refractivity contribution is 7.08. The Bertz CT molecular complexity index is 354. The Balaban J connectivity index is 2.25. The van der Waals surface area contributed by atoms with Gasteiger partial charge in [-0.25, -0.2) is 0 Å². The molecule has 0 aliphatic rings. The summed E-state index contributed by atoms with van der Waals surface area (Å²) in [5, 5.41) is 15.4. The largest absolute Gasteiger partial charge is 0.311 e. The molecule has 0 aliphatic heterocycles. The van der Waals surface area contributed by atoms with Gasteiger partial charge in [0.2, 0.25) is 0 Å². The van der Waals surface area contributed by atoms with Gasteiger partial charge in [0.15, 0.2) is 0 Å². The van der Waals surface area contributed by atoms with Crippen molar-refractivity contribution in [3.63, 3.8) is 0 Å². The Morgan fingerprint density at radius 1 is 0.875 bits per heavy atom. The van der Waals surface area contributed by atoms with Crippen molar-refractivity contribution >= 4 is 22.7 Å². The molecular formula is C12H16N2S2. The zero-order valence-electron chi connectivity index (χ0n) is 9.44. The third-order valence-electron chi connectivity index (χ3n) is 2.76. The normalized spacial score (nSPS) is 14.9. The van der Waals surface area contributed by atoms with E-state index < -0.39 is 0 Å². The minimum atomic E-state index is 0.325. The molecule has 0 bridgehead atoms. The summed E-state index contributed by atoms with van der Waals surface area (Å²) in [6.07, 6.45) is 0. The van der Waals surface area contributed by atoms with E-state index in [1.807, 2.05) is 14.1 Å². The Morgan fingerprint density at radius 2 is 1.31 bits per heavy atom. The maximum atomic E-state index is 3.39. The second kappa shape index (κ2) is 5.59. The summed E-state index contributed by atoms with van der Waals surface area (Å²) in [4.78, 5) is 0. The quantitative estimate of drug-likeness (QED) is 0.854. The van der Waals surface area contributed by atoms with Gasteiger partial charge in [0, 0.05) is 0 Å². The molecule has 0 aliphatic carbocycles. The fourth-order valence-electron chi connectivity index (χ4n) is 1.96. The number of thiophene rings is 2. The first-order valence-corrected chi connectivity index (χ1v) is 7.14. The molecule has 0 radical (unpaired) electrons. The fraction of sp³-hybridized carbons (Fsp3) is 0.333. The lowest BCUT2D eigenvalue weighted by atomic mass is 9.97. The third kappa shape index (κ3) is 2.35. The molecular weight excluding hydrogens is 236 g/mol. The average molecular weight is 252 g/mol. The second-order valence-corrected chi connectivity index (χ2v) is 5.21. The molecule has 2 rings (SSSR count). The number of nitrogens with one attached hydrogen (secondary N) is 2. The van der Waals surface area contributed by atoms with E-state index >= 15 is 0 Å². The molecule has 0 saturated carbocycles. The van der Waals surface area contributed by atoms with Crippen molar-refractivity contribution in [1.82, 2.24) is 10.6 Å². The Morgan fingerprint density at radius 3 is 1.56 bits per heavy atom. The molecule has 0 fully saturated rings. The summed E-state index contributed by atoms with van der Waals surface area (Å²) in [6.45, 7) is 0. The van der Waals surface area contributed by atoms with Crippen molar-refractivity contribution in [2.24, 2.45) is 0 Å². The fourth-order valence-corrected chi connectivity index (χ4v) is 3.35. The van der Waals surface area contributed by atoms with Crippen LogP contribution in [0, 0.1) is 0 Å². The van der Waals surface area contributed by atoms with Crippen LogP contribution in [0.2, 0.25) is 0 Å². The maximum Gasteiger partial charge on any atom is 0.0524 e. The van der Waals surface area contributed by atoms with Gasteiger partial charge in [0.25, 0.3) is 0 Å².